The van der Waals surface area contributed by atoms with Crippen molar-refractivity contribution in [3.8, 4) is 11.5 Å². The predicted octanol–water partition coefficient (Wildman–Crippen LogP) is 2.66. The summed E-state index contributed by atoms with van der Waals surface area (Å²) in [4.78, 5) is 0. The Bertz CT molecular complexity index is 318. The quantitative estimate of drug-likeness (QED) is 0.733. The van der Waals surface area contributed by atoms with Crippen molar-refractivity contribution in [2.75, 3.05) is 13.2 Å². The van der Waals surface area contributed by atoms with E-state index in [0.717, 1.165) is 31.1 Å². The van der Waals surface area contributed by atoms with E-state index < -0.39 is 0 Å². The van der Waals surface area contributed by atoms with Gasteiger partial charge in [-0.05, 0) is 12.0 Å². The molecule has 0 amide bonds. The second kappa shape index (κ2) is 3.91. The number of hydrogen-bond acceptors (Lipinski definition) is 2. The SMILES string of the molecule is CC(C)COc1cccc2c1OCC2. The molecule has 0 fully saturated rings. The molecule has 1 heterocycles. The lowest BCUT2D eigenvalue weighted by molar-refractivity contribution is 0.253. The van der Waals surface area contributed by atoms with E-state index in [1.165, 1.54) is 5.56 Å². The van der Waals surface area contributed by atoms with Gasteiger partial charge < -0.3 is 9.47 Å². The first-order valence-electron chi connectivity index (χ1n) is 5.15. The maximum atomic E-state index is 5.69. The smallest absolute Gasteiger partial charge is 0.164 e. The molecular weight excluding hydrogens is 176 g/mol. The molecule has 0 unspecified atom stereocenters. The molecule has 0 spiro atoms. The van der Waals surface area contributed by atoms with Gasteiger partial charge in [-0.1, -0.05) is 26.0 Å². The Hall–Kier alpha value is -1.18. The van der Waals surface area contributed by atoms with Crippen molar-refractivity contribution in [3.05, 3.63) is 23.8 Å². The monoisotopic (exact) mass is 192 g/mol. The van der Waals surface area contributed by atoms with Gasteiger partial charge in [-0.2, -0.15) is 0 Å². The van der Waals surface area contributed by atoms with Crippen LogP contribution in [-0.4, -0.2) is 13.2 Å². The van der Waals surface area contributed by atoms with Crippen molar-refractivity contribution >= 4 is 0 Å². The zero-order valence-corrected chi connectivity index (χ0v) is 8.75. The minimum Gasteiger partial charge on any atom is -0.489 e. The van der Waals surface area contributed by atoms with Crippen LogP contribution in [0.2, 0.25) is 0 Å². The Balaban J connectivity index is 2.14. The molecule has 0 bridgehead atoms. The van der Waals surface area contributed by atoms with E-state index in [9.17, 15) is 0 Å². The van der Waals surface area contributed by atoms with Crippen molar-refractivity contribution in [2.24, 2.45) is 5.92 Å². The molecule has 1 aromatic rings. The average Bonchev–Trinajstić information content (AvgIpc) is 2.62. The molecule has 1 aliphatic rings. The maximum absolute atomic E-state index is 5.69. The fourth-order valence-electron chi connectivity index (χ4n) is 1.56. The van der Waals surface area contributed by atoms with Crippen LogP contribution in [0, 0.1) is 5.92 Å². The van der Waals surface area contributed by atoms with Crippen molar-refractivity contribution < 1.29 is 9.47 Å². The summed E-state index contributed by atoms with van der Waals surface area (Å²) in [5.74, 6) is 2.40. The van der Waals surface area contributed by atoms with Crippen molar-refractivity contribution in [1.82, 2.24) is 0 Å². The zero-order valence-electron chi connectivity index (χ0n) is 8.75. The molecule has 0 radical (unpaired) electrons. The van der Waals surface area contributed by atoms with Crippen molar-refractivity contribution in [1.29, 1.82) is 0 Å². The highest BCUT2D eigenvalue weighted by molar-refractivity contribution is 5.48. The molecule has 0 N–H and O–H groups in total. The Morgan fingerprint density at radius 3 is 3.07 bits per heavy atom. The summed E-state index contributed by atoms with van der Waals surface area (Å²) < 4.78 is 11.2. The first kappa shape index (κ1) is 9.38. The van der Waals surface area contributed by atoms with Crippen molar-refractivity contribution in [3.63, 3.8) is 0 Å². The summed E-state index contributed by atoms with van der Waals surface area (Å²) in [6, 6.07) is 6.11. The number of hydrogen-bond donors (Lipinski definition) is 0. The van der Waals surface area contributed by atoms with Crippen LogP contribution in [0.5, 0.6) is 11.5 Å². The van der Waals surface area contributed by atoms with Gasteiger partial charge in [-0.25, -0.2) is 0 Å². The van der Waals surface area contributed by atoms with Gasteiger partial charge in [-0.3, -0.25) is 0 Å². The second-order valence-corrected chi connectivity index (χ2v) is 4.05. The van der Waals surface area contributed by atoms with E-state index in [-0.39, 0.29) is 0 Å². The Kier molecular flexibility index (Phi) is 2.62. The first-order chi connectivity index (χ1) is 6.77. The standard InChI is InChI=1S/C12H16O2/c1-9(2)8-14-11-5-3-4-10-6-7-13-12(10)11/h3-5,9H,6-8H2,1-2H3. The fourth-order valence-corrected chi connectivity index (χ4v) is 1.56. The average molecular weight is 192 g/mol. The van der Waals surface area contributed by atoms with Crippen LogP contribution in [0.15, 0.2) is 18.2 Å². The summed E-state index contributed by atoms with van der Waals surface area (Å²) in [6.45, 7) is 5.82. The molecule has 0 saturated heterocycles. The Labute approximate surface area is 84.8 Å². The minimum absolute atomic E-state index is 0.548. The van der Waals surface area contributed by atoms with E-state index >= 15 is 0 Å². The van der Waals surface area contributed by atoms with Gasteiger partial charge in [-0.15, -0.1) is 0 Å². The third-order valence-electron chi connectivity index (χ3n) is 2.25. The molecule has 1 aliphatic heterocycles. The highest BCUT2D eigenvalue weighted by Gasteiger charge is 2.16. The van der Waals surface area contributed by atoms with Gasteiger partial charge in [0.05, 0.1) is 13.2 Å². The summed E-state index contributed by atoms with van der Waals surface area (Å²) in [5.41, 5.74) is 1.27. The van der Waals surface area contributed by atoms with Gasteiger partial charge in [0.1, 0.15) is 0 Å². The molecular formula is C12H16O2. The Morgan fingerprint density at radius 2 is 2.29 bits per heavy atom. The van der Waals surface area contributed by atoms with Gasteiger partial charge >= 0.3 is 0 Å². The summed E-state index contributed by atoms with van der Waals surface area (Å²) in [7, 11) is 0. The molecule has 0 atom stereocenters. The van der Waals surface area contributed by atoms with E-state index in [2.05, 4.69) is 19.9 Å². The normalized spacial score (nSPS) is 13.9. The zero-order chi connectivity index (χ0) is 9.97. The number of ether oxygens (including phenoxy) is 2. The van der Waals surface area contributed by atoms with Crippen LogP contribution < -0.4 is 9.47 Å². The van der Waals surface area contributed by atoms with E-state index in [4.69, 9.17) is 9.47 Å². The molecule has 2 rings (SSSR count). The van der Waals surface area contributed by atoms with Crippen LogP contribution in [0.4, 0.5) is 0 Å². The topological polar surface area (TPSA) is 18.5 Å². The third-order valence-corrected chi connectivity index (χ3v) is 2.25. The lowest BCUT2D eigenvalue weighted by Gasteiger charge is -2.11. The molecule has 0 aliphatic carbocycles. The van der Waals surface area contributed by atoms with E-state index in [1.54, 1.807) is 0 Å². The van der Waals surface area contributed by atoms with E-state index in [1.807, 2.05) is 12.1 Å². The number of benzene rings is 1. The van der Waals surface area contributed by atoms with Crippen LogP contribution in [0.1, 0.15) is 19.4 Å². The lowest BCUT2D eigenvalue weighted by Crippen LogP contribution is -2.05. The molecule has 0 aromatic heterocycles. The van der Waals surface area contributed by atoms with E-state index in [0.29, 0.717) is 5.92 Å². The number of fused-ring (bicyclic) bond motifs is 1. The van der Waals surface area contributed by atoms with Crippen LogP contribution in [0.3, 0.4) is 0 Å². The summed E-state index contributed by atoms with van der Waals surface area (Å²) >= 11 is 0. The van der Waals surface area contributed by atoms with Crippen LogP contribution in [-0.2, 0) is 6.42 Å². The summed E-state index contributed by atoms with van der Waals surface area (Å²) in [6.07, 6.45) is 1.01. The first-order valence-corrected chi connectivity index (χ1v) is 5.15. The van der Waals surface area contributed by atoms with Gasteiger partial charge in [0.25, 0.3) is 0 Å². The predicted molar refractivity (Wildman–Crippen MR) is 56.0 cm³/mol. The van der Waals surface area contributed by atoms with Gasteiger partial charge in [0, 0.05) is 12.0 Å². The molecule has 76 valence electrons. The number of para-hydroxylation sites is 1. The fraction of sp³-hybridized carbons (Fsp3) is 0.500. The van der Waals surface area contributed by atoms with Gasteiger partial charge in [0.15, 0.2) is 11.5 Å². The van der Waals surface area contributed by atoms with Crippen molar-refractivity contribution in [2.45, 2.75) is 20.3 Å². The lowest BCUT2D eigenvalue weighted by atomic mass is 10.1. The molecule has 14 heavy (non-hydrogen) atoms. The molecule has 2 heteroatoms. The minimum atomic E-state index is 0.548. The van der Waals surface area contributed by atoms with Crippen LogP contribution >= 0.6 is 0 Å². The molecule has 0 saturated carbocycles. The van der Waals surface area contributed by atoms with Gasteiger partial charge in [0.2, 0.25) is 0 Å². The highest BCUT2D eigenvalue weighted by atomic mass is 16.5. The second-order valence-electron chi connectivity index (χ2n) is 4.05. The third kappa shape index (κ3) is 1.84. The largest absolute Gasteiger partial charge is 0.489 e. The highest BCUT2D eigenvalue weighted by Crippen LogP contribution is 2.35. The van der Waals surface area contributed by atoms with Crippen LogP contribution in [0.25, 0.3) is 0 Å². The Morgan fingerprint density at radius 1 is 1.43 bits per heavy atom. The number of rotatable bonds is 3. The molecule has 1 aromatic carbocycles. The molecule has 2 nitrogen and oxygen atoms in total. The maximum Gasteiger partial charge on any atom is 0.164 e. The summed E-state index contributed by atoms with van der Waals surface area (Å²) in [5, 5.41) is 0.